The van der Waals surface area contributed by atoms with E-state index in [-0.39, 0.29) is 0 Å². The first-order valence-electron chi connectivity index (χ1n) is 7.32. The molecule has 0 nitrogen and oxygen atoms in total. The Hall–Kier alpha value is -0.961. The molecule has 0 saturated heterocycles. The van der Waals surface area contributed by atoms with Gasteiger partial charge in [0.15, 0.2) is 0 Å². The summed E-state index contributed by atoms with van der Waals surface area (Å²) in [5, 5.41) is 1.33. The second-order valence-electron chi connectivity index (χ2n) is 4.88. The molecule has 1 aliphatic heterocycles. The Labute approximate surface area is 123 Å². The molecule has 100 valence electrons. The first kappa shape index (κ1) is 14.4. The third-order valence-electron chi connectivity index (χ3n) is 3.30. The monoisotopic (exact) mass is 318 g/mol. The summed E-state index contributed by atoms with van der Waals surface area (Å²) in [5.74, 6) is 6.84. The molecule has 0 saturated carbocycles. The van der Waals surface area contributed by atoms with Crippen LogP contribution in [0, 0.1) is 11.8 Å². The van der Waals surface area contributed by atoms with Crippen LogP contribution in [0.4, 0.5) is 0 Å². The van der Waals surface area contributed by atoms with Crippen LogP contribution in [0.5, 0.6) is 0 Å². The number of unbranched alkanes of at least 4 members (excludes halogenated alkanes) is 4. The van der Waals surface area contributed by atoms with Gasteiger partial charge in [0.25, 0.3) is 0 Å². The molecule has 0 aromatic heterocycles. The SMILES string of the molecule is CCCCCCC#CC1=C(c2ccccc2)[Se]CC1. The van der Waals surface area contributed by atoms with Gasteiger partial charge in [-0.15, -0.1) is 0 Å². The fourth-order valence-electron chi connectivity index (χ4n) is 2.23. The molecule has 19 heavy (non-hydrogen) atoms. The first-order valence-corrected chi connectivity index (χ1v) is 9.39. The molecule has 0 unspecified atom stereocenters. The zero-order valence-corrected chi connectivity index (χ0v) is 13.5. The van der Waals surface area contributed by atoms with Crippen LogP contribution in [-0.2, 0) is 0 Å². The average Bonchev–Trinajstić information content (AvgIpc) is 2.92. The molecule has 1 aromatic rings. The van der Waals surface area contributed by atoms with E-state index in [0.29, 0.717) is 15.0 Å². The minimum atomic E-state index is 0.633. The predicted molar refractivity (Wildman–Crippen MR) is 85.1 cm³/mol. The summed E-state index contributed by atoms with van der Waals surface area (Å²) in [6.45, 7) is 2.25. The van der Waals surface area contributed by atoms with E-state index in [4.69, 9.17) is 0 Å². The summed E-state index contributed by atoms with van der Waals surface area (Å²) >= 11 is 0.633. The van der Waals surface area contributed by atoms with Gasteiger partial charge in [0.2, 0.25) is 0 Å². The molecule has 0 spiro atoms. The van der Waals surface area contributed by atoms with Crippen molar-refractivity contribution in [2.75, 3.05) is 0 Å². The normalized spacial score (nSPS) is 14.4. The van der Waals surface area contributed by atoms with Crippen LogP contribution in [0.1, 0.15) is 51.0 Å². The Morgan fingerprint density at radius 3 is 2.74 bits per heavy atom. The predicted octanol–water partition coefficient (Wildman–Crippen LogP) is 4.90. The Morgan fingerprint density at radius 2 is 1.95 bits per heavy atom. The molecule has 1 heterocycles. The fourth-order valence-corrected chi connectivity index (χ4v) is 4.62. The van der Waals surface area contributed by atoms with Gasteiger partial charge in [0.1, 0.15) is 0 Å². The molecular weight excluding hydrogens is 295 g/mol. The van der Waals surface area contributed by atoms with E-state index in [9.17, 15) is 0 Å². The van der Waals surface area contributed by atoms with Crippen LogP contribution < -0.4 is 0 Å². The summed E-state index contributed by atoms with van der Waals surface area (Å²) < 4.78 is 1.55. The first-order chi connectivity index (χ1) is 9.42. The molecule has 1 aliphatic rings. The van der Waals surface area contributed by atoms with Gasteiger partial charge in [-0.3, -0.25) is 0 Å². The van der Waals surface area contributed by atoms with E-state index >= 15 is 0 Å². The molecule has 0 N–H and O–H groups in total. The van der Waals surface area contributed by atoms with Crippen LogP contribution in [0.2, 0.25) is 5.32 Å². The Bertz CT molecular complexity index is 473. The van der Waals surface area contributed by atoms with Crippen LogP contribution in [0.25, 0.3) is 4.47 Å². The van der Waals surface area contributed by atoms with E-state index < -0.39 is 0 Å². The van der Waals surface area contributed by atoms with Crippen molar-refractivity contribution in [2.45, 2.75) is 50.8 Å². The van der Waals surface area contributed by atoms with E-state index in [1.54, 1.807) is 4.47 Å². The van der Waals surface area contributed by atoms with Crippen LogP contribution in [0.3, 0.4) is 0 Å². The molecule has 2 rings (SSSR count). The van der Waals surface area contributed by atoms with Crippen molar-refractivity contribution in [1.82, 2.24) is 0 Å². The molecule has 0 atom stereocenters. The van der Waals surface area contributed by atoms with Gasteiger partial charge >= 0.3 is 124 Å². The van der Waals surface area contributed by atoms with Gasteiger partial charge in [-0.05, 0) is 0 Å². The summed E-state index contributed by atoms with van der Waals surface area (Å²) in [6, 6.07) is 10.8. The topological polar surface area (TPSA) is 0 Å². The zero-order valence-electron chi connectivity index (χ0n) is 11.7. The van der Waals surface area contributed by atoms with Crippen LogP contribution in [0.15, 0.2) is 35.9 Å². The van der Waals surface area contributed by atoms with Crippen molar-refractivity contribution in [3.8, 4) is 11.8 Å². The summed E-state index contributed by atoms with van der Waals surface area (Å²) in [4.78, 5) is 0. The average molecular weight is 317 g/mol. The molecule has 0 fully saturated rings. The molecule has 0 bridgehead atoms. The number of allylic oxidation sites excluding steroid dienone is 1. The van der Waals surface area contributed by atoms with Crippen molar-refractivity contribution in [2.24, 2.45) is 0 Å². The van der Waals surface area contributed by atoms with Crippen LogP contribution in [-0.4, -0.2) is 15.0 Å². The fraction of sp³-hybridized carbons (Fsp3) is 0.444. The van der Waals surface area contributed by atoms with Crippen molar-refractivity contribution in [3.63, 3.8) is 0 Å². The van der Waals surface area contributed by atoms with Crippen LogP contribution >= 0.6 is 0 Å². The number of hydrogen-bond acceptors (Lipinski definition) is 0. The molecule has 1 heteroatoms. The Kier molecular flexibility index (Phi) is 6.28. The number of benzene rings is 1. The Morgan fingerprint density at radius 1 is 1.11 bits per heavy atom. The van der Waals surface area contributed by atoms with Gasteiger partial charge in [0, 0.05) is 0 Å². The van der Waals surface area contributed by atoms with Gasteiger partial charge in [-0.1, -0.05) is 0 Å². The zero-order chi connectivity index (χ0) is 13.3. The standard InChI is InChI=1S/C18H22Se/c1-2-3-4-5-6-8-13-17-14-15-19-18(17)16-11-9-7-10-12-16/h7,9-12H,2-6,14-15H2,1H3. The Balaban J connectivity index is 1.96. The molecule has 1 aromatic carbocycles. The summed E-state index contributed by atoms with van der Waals surface area (Å²) in [7, 11) is 0. The van der Waals surface area contributed by atoms with Gasteiger partial charge in [-0.25, -0.2) is 0 Å². The van der Waals surface area contributed by atoms with Crippen molar-refractivity contribution < 1.29 is 0 Å². The quantitative estimate of drug-likeness (QED) is 0.412. The van der Waals surface area contributed by atoms with Gasteiger partial charge in [0.05, 0.1) is 0 Å². The molecule has 0 aliphatic carbocycles. The maximum absolute atomic E-state index is 3.45. The number of hydrogen-bond donors (Lipinski definition) is 0. The van der Waals surface area contributed by atoms with E-state index in [1.165, 1.54) is 48.6 Å². The third-order valence-corrected chi connectivity index (χ3v) is 5.78. The van der Waals surface area contributed by atoms with Crippen molar-refractivity contribution >= 4 is 19.4 Å². The molecule has 0 radical (unpaired) electrons. The van der Waals surface area contributed by atoms with Gasteiger partial charge < -0.3 is 0 Å². The van der Waals surface area contributed by atoms with E-state index in [0.717, 1.165) is 6.42 Å². The van der Waals surface area contributed by atoms with E-state index in [1.807, 2.05) is 0 Å². The van der Waals surface area contributed by atoms with Crippen molar-refractivity contribution in [3.05, 3.63) is 41.5 Å². The molecular formula is C18H22Se. The number of rotatable bonds is 5. The minimum absolute atomic E-state index is 0.633. The van der Waals surface area contributed by atoms with Crippen molar-refractivity contribution in [1.29, 1.82) is 0 Å². The summed E-state index contributed by atoms with van der Waals surface area (Å²) in [6.07, 6.45) is 7.52. The third kappa shape index (κ3) is 4.57. The maximum atomic E-state index is 3.45. The second-order valence-corrected chi connectivity index (χ2v) is 7.20. The second kappa shape index (κ2) is 8.26. The summed E-state index contributed by atoms with van der Waals surface area (Å²) in [5.41, 5.74) is 2.82. The van der Waals surface area contributed by atoms with E-state index in [2.05, 4.69) is 49.1 Å². The van der Waals surface area contributed by atoms with Gasteiger partial charge in [-0.2, -0.15) is 0 Å². The molecule has 0 amide bonds.